The lowest BCUT2D eigenvalue weighted by molar-refractivity contribution is -0.132. The van der Waals surface area contributed by atoms with Crippen molar-refractivity contribution in [2.24, 2.45) is 5.41 Å². The normalized spacial score (nSPS) is 23.1. The van der Waals surface area contributed by atoms with Crippen molar-refractivity contribution in [1.29, 1.82) is 0 Å². The van der Waals surface area contributed by atoms with Gasteiger partial charge >= 0.3 is 5.97 Å². The molecule has 144 valence electrons. The van der Waals surface area contributed by atoms with E-state index in [0.29, 0.717) is 22.5 Å². The van der Waals surface area contributed by atoms with E-state index in [9.17, 15) is 14.7 Å². The molecular weight excluding hydrogens is 344 g/mol. The Bertz CT molecular complexity index is 842. The summed E-state index contributed by atoms with van der Waals surface area (Å²) < 4.78 is 10.8. The van der Waals surface area contributed by atoms with Crippen LogP contribution in [0.25, 0.3) is 0 Å². The second-order valence-electron chi connectivity index (χ2n) is 6.94. The van der Waals surface area contributed by atoms with E-state index in [2.05, 4.69) is 0 Å². The summed E-state index contributed by atoms with van der Waals surface area (Å²) in [5, 5.41) is 9.56. The summed E-state index contributed by atoms with van der Waals surface area (Å²) in [6.07, 6.45) is 2.88. The first-order valence-corrected chi connectivity index (χ1v) is 8.70. The number of carbonyl (C=O) groups excluding carboxylic acids is 1. The van der Waals surface area contributed by atoms with Crippen molar-refractivity contribution in [3.63, 3.8) is 0 Å². The Morgan fingerprint density at radius 2 is 1.70 bits per heavy atom. The maximum atomic E-state index is 12.6. The number of carboxylic acid groups (broad SMARTS) is 1. The number of aliphatic carboxylic acids is 1. The van der Waals surface area contributed by atoms with Gasteiger partial charge in [0.05, 0.1) is 18.8 Å². The molecule has 1 aliphatic rings. The molecule has 1 aromatic rings. The Hall–Kier alpha value is -2.66. The first kappa shape index (κ1) is 20.6. The van der Waals surface area contributed by atoms with Gasteiger partial charge in [0, 0.05) is 18.1 Å². The summed E-state index contributed by atoms with van der Waals surface area (Å²) >= 11 is 0. The van der Waals surface area contributed by atoms with Crippen LogP contribution in [-0.4, -0.2) is 37.2 Å². The van der Waals surface area contributed by atoms with Crippen molar-refractivity contribution in [1.82, 2.24) is 0 Å². The van der Waals surface area contributed by atoms with Crippen LogP contribution in [0.1, 0.15) is 38.1 Å². The van der Waals surface area contributed by atoms with Crippen LogP contribution in [0.3, 0.4) is 0 Å². The lowest BCUT2D eigenvalue weighted by atomic mass is 9.67. The molecule has 27 heavy (non-hydrogen) atoms. The summed E-state index contributed by atoms with van der Waals surface area (Å²) in [6, 6.07) is 6.90. The Morgan fingerprint density at radius 3 is 2.19 bits per heavy atom. The van der Waals surface area contributed by atoms with Crippen LogP contribution in [0.5, 0.6) is 5.75 Å². The van der Waals surface area contributed by atoms with E-state index in [-0.39, 0.29) is 11.4 Å². The molecule has 2 rings (SSSR count). The summed E-state index contributed by atoms with van der Waals surface area (Å²) in [5.74, 6) is -0.415. The number of ether oxygens (including phenoxy) is 2. The predicted octanol–water partition coefficient (Wildman–Crippen LogP) is 4.21. The molecule has 0 radical (unpaired) electrons. The molecule has 0 aliphatic heterocycles. The van der Waals surface area contributed by atoms with E-state index in [1.807, 2.05) is 19.9 Å². The van der Waals surface area contributed by atoms with Crippen molar-refractivity contribution in [2.45, 2.75) is 33.8 Å². The smallest absolute Gasteiger partial charge is 0.335 e. The first-order chi connectivity index (χ1) is 12.7. The average Bonchev–Trinajstić information content (AvgIpc) is 2.64. The number of rotatable bonds is 6. The van der Waals surface area contributed by atoms with Crippen LogP contribution >= 0.6 is 0 Å². The van der Waals surface area contributed by atoms with Gasteiger partial charge in [0.25, 0.3) is 0 Å². The van der Waals surface area contributed by atoms with Crippen molar-refractivity contribution >= 4 is 11.8 Å². The molecule has 5 heteroatoms. The minimum Gasteiger partial charge on any atom is -0.497 e. The van der Waals surface area contributed by atoms with Gasteiger partial charge in [0.15, 0.2) is 5.78 Å². The highest BCUT2D eigenvalue weighted by molar-refractivity contribution is 6.04. The minimum atomic E-state index is -0.966. The first-order valence-electron chi connectivity index (χ1n) is 8.70. The third-order valence-electron chi connectivity index (χ3n) is 5.48. The third kappa shape index (κ3) is 3.74. The second-order valence-corrected chi connectivity index (χ2v) is 6.94. The molecule has 2 unspecified atom stereocenters. The number of hydrogen-bond acceptors (Lipinski definition) is 4. The number of benzene rings is 1. The Morgan fingerprint density at radius 1 is 1.11 bits per heavy atom. The molecule has 0 fully saturated rings. The van der Waals surface area contributed by atoms with Gasteiger partial charge < -0.3 is 14.6 Å². The predicted molar refractivity (Wildman–Crippen MR) is 104 cm³/mol. The SMILES string of the molecule is COc1ccc(C(=O)C=CC2(C)C(C)=C(C)C(C(=O)O)=C(C)C2OC)cc1. The molecule has 2 atom stereocenters. The molecule has 0 spiro atoms. The number of carboxylic acids is 1. The van der Waals surface area contributed by atoms with Gasteiger partial charge in [-0.25, -0.2) is 4.79 Å². The van der Waals surface area contributed by atoms with E-state index in [4.69, 9.17) is 9.47 Å². The lowest BCUT2D eigenvalue weighted by Crippen LogP contribution is -2.39. The van der Waals surface area contributed by atoms with E-state index >= 15 is 0 Å². The summed E-state index contributed by atoms with van der Waals surface area (Å²) in [7, 11) is 3.13. The monoisotopic (exact) mass is 370 g/mol. The van der Waals surface area contributed by atoms with E-state index in [0.717, 1.165) is 5.57 Å². The van der Waals surface area contributed by atoms with Crippen LogP contribution < -0.4 is 4.74 Å². The maximum Gasteiger partial charge on any atom is 0.335 e. The number of allylic oxidation sites excluding steroid dienone is 1. The molecule has 0 saturated carbocycles. The van der Waals surface area contributed by atoms with E-state index in [1.165, 1.54) is 6.08 Å². The van der Waals surface area contributed by atoms with Crippen LogP contribution in [0.4, 0.5) is 0 Å². The average molecular weight is 370 g/mol. The third-order valence-corrected chi connectivity index (χ3v) is 5.48. The van der Waals surface area contributed by atoms with Crippen molar-refractivity contribution in [2.75, 3.05) is 14.2 Å². The van der Waals surface area contributed by atoms with Gasteiger partial charge in [0.1, 0.15) is 5.75 Å². The van der Waals surface area contributed by atoms with Gasteiger partial charge in [-0.3, -0.25) is 4.79 Å². The highest BCUT2D eigenvalue weighted by Crippen LogP contribution is 2.45. The molecular formula is C22H26O5. The zero-order valence-electron chi connectivity index (χ0n) is 16.6. The fraction of sp³-hybridized carbons (Fsp3) is 0.364. The molecule has 5 nitrogen and oxygen atoms in total. The number of carbonyl (C=O) groups is 2. The van der Waals surface area contributed by atoms with Crippen molar-refractivity contribution in [3.8, 4) is 5.75 Å². The van der Waals surface area contributed by atoms with E-state index < -0.39 is 17.5 Å². The largest absolute Gasteiger partial charge is 0.497 e. The molecule has 0 saturated heterocycles. The molecule has 0 bridgehead atoms. The molecule has 1 N–H and O–H groups in total. The highest BCUT2D eigenvalue weighted by atomic mass is 16.5. The molecule has 0 aromatic heterocycles. The zero-order chi connectivity index (χ0) is 20.4. The summed E-state index contributed by atoms with van der Waals surface area (Å²) in [5.41, 5.74) is 2.44. The van der Waals surface area contributed by atoms with Crippen LogP contribution in [0, 0.1) is 5.41 Å². The number of ketones is 1. The van der Waals surface area contributed by atoms with Gasteiger partial charge in [0.2, 0.25) is 0 Å². The van der Waals surface area contributed by atoms with Gasteiger partial charge in [-0.2, -0.15) is 0 Å². The fourth-order valence-corrected chi connectivity index (χ4v) is 3.73. The van der Waals surface area contributed by atoms with Gasteiger partial charge in [-0.15, -0.1) is 0 Å². The van der Waals surface area contributed by atoms with Crippen LogP contribution in [0.15, 0.2) is 58.7 Å². The fourth-order valence-electron chi connectivity index (χ4n) is 3.73. The van der Waals surface area contributed by atoms with Crippen LogP contribution in [0.2, 0.25) is 0 Å². The summed E-state index contributed by atoms with van der Waals surface area (Å²) in [6.45, 7) is 7.41. The molecule has 1 aromatic carbocycles. The Labute approximate surface area is 160 Å². The number of methoxy groups -OCH3 is 2. The zero-order valence-corrected chi connectivity index (χ0v) is 16.6. The van der Waals surface area contributed by atoms with E-state index in [1.54, 1.807) is 52.3 Å². The van der Waals surface area contributed by atoms with Crippen molar-refractivity contribution < 1.29 is 24.2 Å². The van der Waals surface area contributed by atoms with Gasteiger partial charge in [-0.1, -0.05) is 11.6 Å². The van der Waals surface area contributed by atoms with Crippen LogP contribution in [-0.2, 0) is 9.53 Å². The number of hydrogen-bond donors (Lipinski definition) is 1. The second kappa shape index (κ2) is 7.92. The highest BCUT2D eigenvalue weighted by Gasteiger charge is 2.42. The lowest BCUT2D eigenvalue weighted by Gasteiger charge is -2.41. The van der Waals surface area contributed by atoms with Gasteiger partial charge in [-0.05, 0) is 69.2 Å². The molecule has 0 heterocycles. The summed E-state index contributed by atoms with van der Waals surface area (Å²) in [4.78, 5) is 24.2. The quantitative estimate of drug-likeness (QED) is 0.600. The Kier molecular flexibility index (Phi) is 6.06. The molecule has 0 amide bonds. The topological polar surface area (TPSA) is 72.8 Å². The molecule has 1 aliphatic carbocycles. The minimum absolute atomic E-state index is 0.134. The maximum absolute atomic E-state index is 12.6. The standard InChI is InChI=1S/C22H26O5/c1-13-15(3)22(4,20(27-6)14(2)19(13)21(24)25)12-11-18(23)16-7-9-17(26-5)10-8-16/h7-12,20H,1-6H3,(H,24,25). The van der Waals surface area contributed by atoms with Crippen molar-refractivity contribution in [3.05, 3.63) is 64.3 Å². The Balaban J connectivity index is 2.41.